The molecule has 0 aliphatic heterocycles. The molecule has 3 aromatic heterocycles. The molecule has 4 rings (SSSR count). The fourth-order valence-electron chi connectivity index (χ4n) is 3.71. The molecule has 3 heterocycles. The maximum atomic E-state index is 13.1. The van der Waals surface area contributed by atoms with Crippen molar-refractivity contribution in [3.05, 3.63) is 68.3 Å². The number of benzene rings is 1. The number of rotatable bonds is 7. The second-order valence-electron chi connectivity index (χ2n) is 8.07. The van der Waals surface area contributed by atoms with Gasteiger partial charge in [-0.15, -0.1) is 0 Å². The minimum Gasteiger partial charge on any atom is -0.352 e. The first-order valence-electron chi connectivity index (χ1n) is 10.8. The summed E-state index contributed by atoms with van der Waals surface area (Å²) in [5.41, 5.74) is 1.79. The van der Waals surface area contributed by atoms with Crippen LogP contribution >= 0.6 is 0 Å². The van der Waals surface area contributed by atoms with Crippen LogP contribution in [0, 0.1) is 0 Å². The van der Waals surface area contributed by atoms with E-state index in [2.05, 4.69) is 25.3 Å². The van der Waals surface area contributed by atoms with E-state index in [0.29, 0.717) is 31.6 Å². The highest BCUT2D eigenvalue weighted by Crippen LogP contribution is 2.20. The van der Waals surface area contributed by atoms with E-state index < -0.39 is 11.2 Å². The number of imidazole rings is 1. The van der Waals surface area contributed by atoms with Crippen molar-refractivity contribution in [3.8, 4) is 0 Å². The number of carbonyl (C=O) groups is 1. The van der Waals surface area contributed by atoms with Gasteiger partial charge in [0.15, 0.2) is 5.65 Å². The topological polar surface area (TPSA) is 126 Å². The van der Waals surface area contributed by atoms with Gasteiger partial charge in [-0.3, -0.25) is 19.1 Å². The molecule has 0 saturated heterocycles. The third kappa shape index (κ3) is 4.05. The predicted molar refractivity (Wildman–Crippen MR) is 123 cm³/mol. The second-order valence-corrected chi connectivity index (χ2v) is 8.07. The number of aromatic amines is 2. The van der Waals surface area contributed by atoms with Gasteiger partial charge >= 0.3 is 5.69 Å². The normalized spacial score (nSPS) is 11.5. The van der Waals surface area contributed by atoms with E-state index in [1.165, 1.54) is 4.57 Å². The highest BCUT2D eigenvalue weighted by molar-refractivity contribution is 6.05. The van der Waals surface area contributed by atoms with Crippen molar-refractivity contribution in [2.45, 2.75) is 46.1 Å². The lowest BCUT2D eigenvalue weighted by atomic mass is 10.0. The molecule has 0 saturated carbocycles. The maximum Gasteiger partial charge on any atom is 0.329 e. The Kier molecular flexibility index (Phi) is 5.89. The summed E-state index contributed by atoms with van der Waals surface area (Å²) in [6.07, 6.45) is 1.20. The van der Waals surface area contributed by atoms with Crippen LogP contribution in [0.1, 0.15) is 55.0 Å². The molecule has 0 aliphatic rings. The van der Waals surface area contributed by atoms with E-state index in [1.54, 1.807) is 6.07 Å². The van der Waals surface area contributed by atoms with Crippen LogP contribution in [0.5, 0.6) is 0 Å². The largest absolute Gasteiger partial charge is 0.352 e. The lowest BCUT2D eigenvalue weighted by Crippen LogP contribution is -2.34. The molecular formula is C23H26N6O3. The number of hydrogen-bond acceptors (Lipinski definition) is 5. The summed E-state index contributed by atoms with van der Waals surface area (Å²) in [6, 6.07) is 9.36. The van der Waals surface area contributed by atoms with Crippen molar-refractivity contribution in [1.29, 1.82) is 0 Å². The molecule has 4 aromatic rings. The number of aromatic nitrogens is 5. The van der Waals surface area contributed by atoms with Crippen molar-refractivity contribution < 1.29 is 4.79 Å². The fraction of sp³-hybridized carbons (Fsp3) is 0.348. The summed E-state index contributed by atoms with van der Waals surface area (Å²) < 4.78 is 1.42. The number of amides is 1. The molecule has 0 aliphatic carbocycles. The Hall–Kier alpha value is -3.75. The van der Waals surface area contributed by atoms with Crippen LogP contribution in [-0.4, -0.2) is 37.0 Å². The Balaban J connectivity index is 1.67. The van der Waals surface area contributed by atoms with Gasteiger partial charge in [-0.1, -0.05) is 32.9 Å². The lowest BCUT2D eigenvalue weighted by Gasteiger charge is -2.14. The van der Waals surface area contributed by atoms with Crippen molar-refractivity contribution >= 4 is 28.0 Å². The van der Waals surface area contributed by atoms with Crippen molar-refractivity contribution in [3.63, 3.8) is 0 Å². The van der Waals surface area contributed by atoms with Crippen LogP contribution in [0.4, 0.5) is 0 Å². The molecule has 3 N–H and O–H groups in total. The average Bonchev–Trinajstić information content (AvgIpc) is 3.18. The quantitative estimate of drug-likeness (QED) is 0.412. The zero-order valence-corrected chi connectivity index (χ0v) is 18.4. The van der Waals surface area contributed by atoms with Gasteiger partial charge in [0.2, 0.25) is 0 Å². The van der Waals surface area contributed by atoms with Gasteiger partial charge in [-0.05, 0) is 30.5 Å². The van der Waals surface area contributed by atoms with Crippen LogP contribution in [-0.2, 0) is 13.0 Å². The molecule has 166 valence electrons. The molecule has 1 amide bonds. The molecule has 0 atom stereocenters. The van der Waals surface area contributed by atoms with E-state index >= 15 is 0 Å². The first-order valence-corrected chi connectivity index (χ1v) is 10.8. The van der Waals surface area contributed by atoms with Crippen LogP contribution in [0.15, 0.2) is 39.9 Å². The number of H-pyrrole nitrogens is 2. The Morgan fingerprint density at radius 2 is 1.94 bits per heavy atom. The highest BCUT2D eigenvalue weighted by atomic mass is 16.2. The van der Waals surface area contributed by atoms with Gasteiger partial charge in [0.25, 0.3) is 11.5 Å². The van der Waals surface area contributed by atoms with E-state index in [9.17, 15) is 14.4 Å². The standard InChI is InChI=1S/C23H26N6O3/c1-4-11-29-20-19(22(31)28-23(29)32)14(12-17(27-20)13(2)3)21(30)24-10-9-18-25-15-7-5-6-8-16(15)26-18/h5-8,12-13H,4,9-11H2,1-3H3,(H,24,30)(H,25,26)(H,28,31,32). The average molecular weight is 435 g/mol. The number of hydrogen-bond donors (Lipinski definition) is 3. The minimum absolute atomic E-state index is 0.0194. The maximum absolute atomic E-state index is 13.1. The van der Waals surface area contributed by atoms with Crippen LogP contribution in [0.25, 0.3) is 22.1 Å². The first-order chi connectivity index (χ1) is 15.4. The third-order valence-electron chi connectivity index (χ3n) is 5.34. The third-order valence-corrected chi connectivity index (χ3v) is 5.34. The van der Waals surface area contributed by atoms with Gasteiger partial charge in [-0.25, -0.2) is 14.8 Å². The lowest BCUT2D eigenvalue weighted by molar-refractivity contribution is 0.0955. The summed E-state index contributed by atoms with van der Waals surface area (Å²) in [5.74, 6) is 0.400. The number of aryl methyl sites for hydroxylation is 1. The molecular weight excluding hydrogens is 408 g/mol. The Labute approximate surface area is 183 Å². The Bertz CT molecular complexity index is 1380. The summed E-state index contributed by atoms with van der Waals surface area (Å²) in [7, 11) is 0. The van der Waals surface area contributed by atoms with Crippen molar-refractivity contribution in [2.75, 3.05) is 6.54 Å². The van der Waals surface area contributed by atoms with Gasteiger partial charge in [0.1, 0.15) is 5.82 Å². The number of nitrogens with zero attached hydrogens (tertiary/aromatic N) is 3. The molecule has 1 aromatic carbocycles. The van der Waals surface area contributed by atoms with Gasteiger partial charge in [-0.2, -0.15) is 0 Å². The Morgan fingerprint density at radius 3 is 2.66 bits per heavy atom. The van der Waals surface area contributed by atoms with E-state index in [4.69, 9.17) is 0 Å². The Morgan fingerprint density at radius 1 is 1.16 bits per heavy atom. The summed E-state index contributed by atoms with van der Waals surface area (Å²) in [6.45, 7) is 6.57. The summed E-state index contributed by atoms with van der Waals surface area (Å²) in [4.78, 5) is 52.7. The molecule has 32 heavy (non-hydrogen) atoms. The number of pyridine rings is 1. The zero-order chi connectivity index (χ0) is 22.8. The summed E-state index contributed by atoms with van der Waals surface area (Å²) >= 11 is 0. The smallest absolute Gasteiger partial charge is 0.329 e. The summed E-state index contributed by atoms with van der Waals surface area (Å²) in [5, 5.41) is 3.00. The minimum atomic E-state index is -0.609. The highest BCUT2D eigenvalue weighted by Gasteiger charge is 2.20. The van der Waals surface area contributed by atoms with E-state index in [0.717, 1.165) is 16.9 Å². The molecule has 0 unspecified atom stereocenters. The number of para-hydroxylation sites is 2. The van der Waals surface area contributed by atoms with Crippen LogP contribution in [0.3, 0.4) is 0 Å². The van der Waals surface area contributed by atoms with Crippen LogP contribution < -0.4 is 16.6 Å². The van der Waals surface area contributed by atoms with E-state index in [-0.39, 0.29) is 28.4 Å². The zero-order valence-electron chi connectivity index (χ0n) is 18.4. The van der Waals surface area contributed by atoms with Crippen LogP contribution in [0.2, 0.25) is 0 Å². The molecule has 0 radical (unpaired) electrons. The molecule has 0 bridgehead atoms. The first kappa shape index (κ1) is 21.5. The SMILES string of the molecule is CCCn1c(=O)[nH]c(=O)c2c(C(=O)NCCc3nc4ccccc4[nH]3)cc(C(C)C)nc21. The molecule has 0 spiro atoms. The van der Waals surface area contributed by atoms with Gasteiger partial charge < -0.3 is 10.3 Å². The monoisotopic (exact) mass is 434 g/mol. The second kappa shape index (κ2) is 8.78. The number of nitrogens with one attached hydrogen (secondary N) is 3. The number of carbonyl (C=O) groups excluding carboxylic acids is 1. The van der Waals surface area contributed by atoms with Gasteiger partial charge in [0, 0.05) is 25.2 Å². The molecule has 0 fully saturated rings. The fourth-order valence-corrected chi connectivity index (χ4v) is 3.71. The predicted octanol–water partition coefficient (Wildman–Crippen LogP) is 2.47. The number of fused-ring (bicyclic) bond motifs is 2. The van der Waals surface area contributed by atoms with Gasteiger partial charge in [0.05, 0.1) is 22.0 Å². The van der Waals surface area contributed by atoms with E-state index in [1.807, 2.05) is 45.0 Å². The molecule has 9 heteroatoms. The molecule has 9 nitrogen and oxygen atoms in total. The van der Waals surface area contributed by atoms with Crippen molar-refractivity contribution in [2.24, 2.45) is 0 Å². The van der Waals surface area contributed by atoms with Crippen molar-refractivity contribution in [1.82, 2.24) is 29.8 Å².